The Morgan fingerprint density at radius 3 is 3.09 bits per heavy atom. The zero-order valence-corrected chi connectivity index (χ0v) is 13.5. The molecule has 0 aliphatic heterocycles. The monoisotopic (exact) mass is 304 g/mol. The molecule has 1 aliphatic rings. The second-order valence-electron chi connectivity index (χ2n) is 6.17. The molecule has 1 aliphatic carbocycles. The summed E-state index contributed by atoms with van der Waals surface area (Å²) in [4.78, 5) is 11.6. The molecule has 0 fully saturated rings. The molecule has 0 saturated carbocycles. The van der Waals surface area contributed by atoms with Crippen LogP contribution in [0, 0.1) is 0 Å². The first-order valence-electron chi connectivity index (χ1n) is 8.38. The number of nitrogens with two attached hydrogens (primary N) is 1. The molecule has 1 aromatic rings. The van der Waals surface area contributed by atoms with Crippen LogP contribution < -0.4 is 11.1 Å². The maximum atomic E-state index is 11.6. The maximum absolute atomic E-state index is 11.6. The fourth-order valence-electron chi connectivity index (χ4n) is 2.86. The minimum Gasteiger partial charge on any atom is -0.373 e. The summed E-state index contributed by atoms with van der Waals surface area (Å²) in [6.07, 6.45) is 5.76. The number of hydrogen-bond acceptors (Lipinski definition) is 3. The Kier molecular flexibility index (Phi) is 6.87. The lowest BCUT2D eigenvalue weighted by atomic mass is 9.89. The van der Waals surface area contributed by atoms with E-state index in [0.717, 1.165) is 25.7 Å². The van der Waals surface area contributed by atoms with Gasteiger partial charge in [-0.25, -0.2) is 0 Å². The van der Waals surface area contributed by atoms with E-state index in [1.165, 1.54) is 17.5 Å². The molecule has 22 heavy (non-hydrogen) atoms. The summed E-state index contributed by atoms with van der Waals surface area (Å²) in [5, 5.41) is 2.92. The highest BCUT2D eigenvalue weighted by Crippen LogP contribution is 2.32. The van der Waals surface area contributed by atoms with Crippen LogP contribution in [0.1, 0.15) is 56.3 Å². The van der Waals surface area contributed by atoms with Gasteiger partial charge in [-0.3, -0.25) is 4.79 Å². The average Bonchev–Trinajstić information content (AvgIpc) is 2.52. The SMILES string of the molecule is CC(N)CCC(=O)NCCCOC1CCCc2ccccc21. The predicted octanol–water partition coefficient (Wildman–Crippen LogP) is 2.71. The highest BCUT2D eigenvalue weighted by atomic mass is 16.5. The minimum atomic E-state index is 0.0836. The summed E-state index contributed by atoms with van der Waals surface area (Å²) in [6.45, 7) is 3.28. The van der Waals surface area contributed by atoms with E-state index in [1.807, 2.05) is 6.92 Å². The van der Waals surface area contributed by atoms with Crippen molar-refractivity contribution in [2.24, 2.45) is 5.73 Å². The molecule has 2 unspecified atom stereocenters. The molecule has 1 amide bonds. The molecule has 2 atom stereocenters. The van der Waals surface area contributed by atoms with Crippen LogP contribution in [0.25, 0.3) is 0 Å². The Morgan fingerprint density at radius 1 is 1.45 bits per heavy atom. The number of ether oxygens (including phenoxy) is 1. The fraction of sp³-hybridized carbons (Fsp3) is 0.611. The Hall–Kier alpha value is -1.39. The number of hydrogen-bond donors (Lipinski definition) is 2. The number of fused-ring (bicyclic) bond motifs is 1. The van der Waals surface area contributed by atoms with E-state index in [0.29, 0.717) is 19.6 Å². The summed E-state index contributed by atoms with van der Waals surface area (Å²) < 4.78 is 6.02. The van der Waals surface area contributed by atoms with Gasteiger partial charge in [0.05, 0.1) is 6.10 Å². The van der Waals surface area contributed by atoms with Crippen LogP contribution in [0.2, 0.25) is 0 Å². The zero-order valence-electron chi connectivity index (χ0n) is 13.5. The third kappa shape index (κ3) is 5.43. The molecular weight excluding hydrogens is 276 g/mol. The van der Waals surface area contributed by atoms with E-state index >= 15 is 0 Å². The van der Waals surface area contributed by atoms with Crippen molar-refractivity contribution in [2.75, 3.05) is 13.2 Å². The normalized spacial score (nSPS) is 18.5. The highest BCUT2D eigenvalue weighted by Gasteiger charge is 2.19. The van der Waals surface area contributed by atoms with Crippen LogP contribution in [0.5, 0.6) is 0 Å². The maximum Gasteiger partial charge on any atom is 0.220 e. The van der Waals surface area contributed by atoms with Crippen molar-refractivity contribution >= 4 is 5.91 Å². The van der Waals surface area contributed by atoms with Crippen molar-refractivity contribution in [1.29, 1.82) is 0 Å². The van der Waals surface area contributed by atoms with Gasteiger partial charge in [0.2, 0.25) is 5.91 Å². The standard InChI is InChI=1S/C18H28N2O2/c1-14(19)10-11-18(21)20-12-5-13-22-17-9-4-7-15-6-2-3-8-16(15)17/h2-3,6,8,14,17H,4-5,7,9-13,19H2,1H3,(H,20,21). The number of carbonyl (C=O) groups excluding carboxylic acids is 1. The highest BCUT2D eigenvalue weighted by molar-refractivity contribution is 5.75. The van der Waals surface area contributed by atoms with Crippen molar-refractivity contribution < 1.29 is 9.53 Å². The molecule has 0 aromatic heterocycles. The van der Waals surface area contributed by atoms with Crippen molar-refractivity contribution in [3.8, 4) is 0 Å². The summed E-state index contributed by atoms with van der Waals surface area (Å²) >= 11 is 0. The van der Waals surface area contributed by atoms with Crippen molar-refractivity contribution in [2.45, 2.75) is 57.6 Å². The lowest BCUT2D eigenvalue weighted by molar-refractivity contribution is -0.121. The molecule has 0 radical (unpaired) electrons. The van der Waals surface area contributed by atoms with E-state index < -0.39 is 0 Å². The molecule has 0 saturated heterocycles. The van der Waals surface area contributed by atoms with Crippen molar-refractivity contribution in [3.63, 3.8) is 0 Å². The molecule has 122 valence electrons. The number of aryl methyl sites for hydroxylation is 1. The molecule has 4 nitrogen and oxygen atoms in total. The van der Waals surface area contributed by atoms with Gasteiger partial charge in [0.1, 0.15) is 0 Å². The van der Waals surface area contributed by atoms with Crippen molar-refractivity contribution in [3.05, 3.63) is 35.4 Å². The number of benzene rings is 1. The lowest BCUT2D eigenvalue weighted by Gasteiger charge is -2.25. The fourth-order valence-corrected chi connectivity index (χ4v) is 2.86. The van der Waals surface area contributed by atoms with Gasteiger partial charge in [-0.05, 0) is 50.2 Å². The number of carbonyl (C=O) groups is 1. The third-order valence-corrected chi connectivity index (χ3v) is 4.10. The van der Waals surface area contributed by atoms with E-state index in [-0.39, 0.29) is 18.1 Å². The van der Waals surface area contributed by atoms with E-state index in [2.05, 4.69) is 29.6 Å². The van der Waals surface area contributed by atoms with Gasteiger partial charge in [-0.15, -0.1) is 0 Å². The Labute approximate surface area is 133 Å². The van der Waals surface area contributed by atoms with Gasteiger partial charge < -0.3 is 15.8 Å². The van der Waals surface area contributed by atoms with Crippen LogP contribution in [-0.4, -0.2) is 25.1 Å². The molecule has 0 bridgehead atoms. The minimum absolute atomic E-state index is 0.0836. The average molecular weight is 304 g/mol. The first kappa shape index (κ1) is 17.0. The van der Waals surface area contributed by atoms with Crippen LogP contribution in [0.4, 0.5) is 0 Å². The van der Waals surface area contributed by atoms with Gasteiger partial charge in [0.25, 0.3) is 0 Å². The Morgan fingerprint density at radius 2 is 2.27 bits per heavy atom. The van der Waals surface area contributed by atoms with Gasteiger partial charge in [0.15, 0.2) is 0 Å². The number of rotatable bonds is 8. The second-order valence-corrected chi connectivity index (χ2v) is 6.17. The van der Waals surface area contributed by atoms with E-state index in [9.17, 15) is 4.79 Å². The lowest BCUT2D eigenvalue weighted by Crippen LogP contribution is -2.27. The van der Waals surface area contributed by atoms with Gasteiger partial charge >= 0.3 is 0 Å². The summed E-state index contributed by atoms with van der Waals surface area (Å²) in [6, 6.07) is 8.64. The van der Waals surface area contributed by atoms with E-state index in [1.54, 1.807) is 0 Å². The largest absolute Gasteiger partial charge is 0.373 e. The molecule has 4 heteroatoms. The van der Waals surface area contributed by atoms with Gasteiger partial charge in [0, 0.05) is 25.6 Å². The molecular formula is C18H28N2O2. The summed E-state index contributed by atoms with van der Waals surface area (Å²) in [7, 11) is 0. The second kappa shape index (κ2) is 8.91. The van der Waals surface area contributed by atoms with Crippen LogP contribution >= 0.6 is 0 Å². The van der Waals surface area contributed by atoms with Crippen LogP contribution in [-0.2, 0) is 16.0 Å². The molecule has 0 spiro atoms. The quantitative estimate of drug-likeness (QED) is 0.726. The van der Waals surface area contributed by atoms with Crippen LogP contribution in [0.15, 0.2) is 24.3 Å². The number of amides is 1. The first-order chi connectivity index (χ1) is 10.7. The Balaban J connectivity index is 1.63. The predicted molar refractivity (Wildman–Crippen MR) is 88.6 cm³/mol. The topological polar surface area (TPSA) is 64.4 Å². The Bertz CT molecular complexity index is 474. The van der Waals surface area contributed by atoms with Gasteiger partial charge in [-0.2, -0.15) is 0 Å². The van der Waals surface area contributed by atoms with Gasteiger partial charge in [-0.1, -0.05) is 24.3 Å². The smallest absolute Gasteiger partial charge is 0.220 e. The molecule has 1 aromatic carbocycles. The summed E-state index contributed by atoms with van der Waals surface area (Å²) in [5.41, 5.74) is 8.40. The van der Waals surface area contributed by atoms with Crippen molar-refractivity contribution in [1.82, 2.24) is 5.32 Å². The summed E-state index contributed by atoms with van der Waals surface area (Å²) in [5.74, 6) is 0.0836. The van der Waals surface area contributed by atoms with Crippen LogP contribution in [0.3, 0.4) is 0 Å². The third-order valence-electron chi connectivity index (χ3n) is 4.10. The molecule has 0 heterocycles. The molecule has 2 rings (SSSR count). The number of nitrogens with one attached hydrogen (secondary N) is 1. The van der Waals surface area contributed by atoms with E-state index in [4.69, 9.17) is 10.5 Å². The molecule has 3 N–H and O–H groups in total. The zero-order chi connectivity index (χ0) is 15.8. The first-order valence-corrected chi connectivity index (χ1v) is 8.38.